The fourth-order valence-corrected chi connectivity index (χ4v) is 2.38. The molecule has 90 valence electrons. The molecule has 1 aromatic rings. The van der Waals surface area contributed by atoms with Gasteiger partial charge in [-0.1, -0.05) is 25.4 Å². The number of piperidine rings is 1. The molecule has 0 atom stereocenters. The number of anilines is 1. The Bertz CT molecular complexity index is 450. The summed E-state index contributed by atoms with van der Waals surface area (Å²) in [7, 11) is 0. The van der Waals surface area contributed by atoms with Gasteiger partial charge in [-0.2, -0.15) is 5.26 Å². The summed E-state index contributed by atoms with van der Waals surface area (Å²) in [6, 6.07) is 7.72. The molecule has 0 aromatic heterocycles. The van der Waals surface area contributed by atoms with E-state index in [0.717, 1.165) is 31.6 Å². The maximum Gasteiger partial charge on any atom is 0.101 e. The summed E-state index contributed by atoms with van der Waals surface area (Å²) >= 11 is 6.01. The predicted molar refractivity (Wildman–Crippen MR) is 71.4 cm³/mol. The number of nitriles is 1. The van der Waals surface area contributed by atoms with Crippen LogP contribution in [0.15, 0.2) is 18.2 Å². The van der Waals surface area contributed by atoms with E-state index in [0.29, 0.717) is 16.0 Å². The van der Waals surface area contributed by atoms with Gasteiger partial charge in [0, 0.05) is 18.1 Å². The molecule has 0 spiro atoms. The van der Waals surface area contributed by atoms with Crippen molar-refractivity contribution in [2.45, 2.75) is 26.7 Å². The van der Waals surface area contributed by atoms with Crippen molar-refractivity contribution in [3.63, 3.8) is 0 Å². The molecule has 1 aliphatic rings. The Kier molecular flexibility index (Phi) is 3.31. The lowest BCUT2D eigenvalue weighted by Crippen LogP contribution is -2.37. The quantitative estimate of drug-likeness (QED) is 0.755. The van der Waals surface area contributed by atoms with Gasteiger partial charge in [0.05, 0.1) is 11.3 Å². The van der Waals surface area contributed by atoms with Crippen molar-refractivity contribution in [1.82, 2.24) is 0 Å². The molecule has 1 heterocycles. The van der Waals surface area contributed by atoms with Gasteiger partial charge in [0.15, 0.2) is 0 Å². The van der Waals surface area contributed by atoms with Crippen LogP contribution in [0.3, 0.4) is 0 Å². The first-order valence-corrected chi connectivity index (χ1v) is 6.34. The third-order valence-electron chi connectivity index (χ3n) is 3.54. The van der Waals surface area contributed by atoms with E-state index in [2.05, 4.69) is 24.8 Å². The van der Waals surface area contributed by atoms with E-state index in [1.165, 1.54) is 0 Å². The zero-order valence-electron chi connectivity index (χ0n) is 10.3. The normalized spacial score (nSPS) is 18.8. The first kappa shape index (κ1) is 12.3. The average Bonchev–Trinajstić information content (AvgIpc) is 2.29. The van der Waals surface area contributed by atoms with Gasteiger partial charge >= 0.3 is 0 Å². The number of halogens is 1. The van der Waals surface area contributed by atoms with Crippen LogP contribution in [-0.4, -0.2) is 13.1 Å². The highest BCUT2D eigenvalue weighted by Crippen LogP contribution is 2.34. The van der Waals surface area contributed by atoms with E-state index in [-0.39, 0.29) is 0 Å². The van der Waals surface area contributed by atoms with Crippen molar-refractivity contribution in [2.75, 3.05) is 18.0 Å². The minimum atomic E-state index is 0.419. The van der Waals surface area contributed by atoms with Crippen molar-refractivity contribution in [2.24, 2.45) is 5.41 Å². The number of hydrogen-bond acceptors (Lipinski definition) is 2. The molecule has 0 radical (unpaired) electrons. The van der Waals surface area contributed by atoms with Crippen LogP contribution in [-0.2, 0) is 0 Å². The molecule has 0 bridgehead atoms. The third kappa shape index (κ3) is 2.73. The highest BCUT2D eigenvalue weighted by molar-refractivity contribution is 6.30. The van der Waals surface area contributed by atoms with E-state index < -0.39 is 0 Å². The van der Waals surface area contributed by atoms with Crippen LogP contribution in [0.5, 0.6) is 0 Å². The van der Waals surface area contributed by atoms with Gasteiger partial charge < -0.3 is 4.90 Å². The Hall–Kier alpha value is -1.20. The van der Waals surface area contributed by atoms with Gasteiger partial charge in [0.2, 0.25) is 0 Å². The lowest BCUT2D eigenvalue weighted by Gasteiger charge is -2.38. The minimum Gasteiger partial charge on any atom is -0.370 e. The topological polar surface area (TPSA) is 27.0 Å². The SMILES string of the molecule is CC1(C)CCN(c2cc(Cl)ccc2C#N)CC1. The number of hydrogen-bond donors (Lipinski definition) is 0. The van der Waals surface area contributed by atoms with Crippen LogP contribution in [0.2, 0.25) is 5.02 Å². The Labute approximate surface area is 108 Å². The first-order chi connectivity index (χ1) is 8.02. The summed E-state index contributed by atoms with van der Waals surface area (Å²) < 4.78 is 0. The van der Waals surface area contributed by atoms with Gasteiger partial charge in [-0.3, -0.25) is 0 Å². The molecule has 1 aromatic carbocycles. The second kappa shape index (κ2) is 4.58. The highest BCUT2D eigenvalue weighted by atomic mass is 35.5. The fourth-order valence-electron chi connectivity index (χ4n) is 2.21. The van der Waals surface area contributed by atoms with E-state index >= 15 is 0 Å². The number of rotatable bonds is 1. The molecule has 2 nitrogen and oxygen atoms in total. The largest absolute Gasteiger partial charge is 0.370 e. The van der Waals surface area contributed by atoms with E-state index in [1.54, 1.807) is 12.1 Å². The lowest BCUT2D eigenvalue weighted by atomic mass is 9.82. The van der Waals surface area contributed by atoms with Crippen LogP contribution in [0, 0.1) is 16.7 Å². The fraction of sp³-hybridized carbons (Fsp3) is 0.500. The van der Waals surface area contributed by atoms with Crippen LogP contribution in [0.4, 0.5) is 5.69 Å². The van der Waals surface area contributed by atoms with Gasteiger partial charge in [0.1, 0.15) is 6.07 Å². The Morgan fingerprint density at radius 2 is 1.94 bits per heavy atom. The van der Waals surface area contributed by atoms with Crippen LogP contribution in [0.1, 0.15) is 32.3 Å². The molecule has 1 aliphatic heterocycles. The van der Waals surface area contributed by atoms with E-state index in [9.17, 15) is 0 Å². The third-order valence-corrected chi connectivity index (χ3v) is 3.77. The second-order valence-corrected chi connectivity index (χ2v) is 5.86. The van der Waals surface area contributed by atoms with Crippen molar-refractivity contribution in [1.29, 1.82) is 5.26 Å². The highest BCUT2D eigenvalue weighted by Gasteiger charge is 2.26. The van der Waals surface area contributed by atoms with E-state index in [1.807, 2.05) is 6.07 Å². The summed E-state index contributed by atoms with van der Waals surface area (Å²) in [4.78, 5) is 2.27. The molecule has 1 saturated heterocycles. The van der Waals surface area contributed by atoms with Crippen molar-refractivity contribution < 1.29 is 0 Å². The standard InChI is InChI=1S/C14H17ClN2/c1-14(2)5-7-17(8-6-14)13-9-12(15)4-3-11(13)10-16/h3-4,9H,5-8H2,1-2H3. The summed E-state index contributed by atoms with van der Waals surface area (Å²) in [6.07, 6.45) is 2.31. The van der Waals surface area contributed by atoms with Gasteiger partial charge in [-0.25, -0.2) is 0 Å². The number of benzene rings is 1. The molecule has 2 rings (SSSR count). The Morgan fingerprint density at radius 1 is 1.29 bits per heavy atom. The summed E-state index contributed by atoms with van der Waals surface area (Å²) in [6.45, 7) is 6.60. The van der Waals surface area contributed by atoms with Crippen LogP contribution >= 0.6 is 11.6 Å². The van der Waals surface area contributed by atoms with Crippen molar-refractivity contribution in [3.05, 3.63) is 28.8 Å². The van der Waals surface area contributed by atoms with Crippen LogP contribution < -0.4 is 4.90 Å². The van der Waals surface area contributed by atoms with Gasteiger partial charge in [-0.05, 0) is 36.5 Å². The van der Waals surface area contributed by atoms with Crippen molar-refractivity contribution >= 4 is 17.3 Å². The zero-order valence-corrected chi connectivity index (χ0v) is 11.1. The average molecular weight is 249 g/mol. The van der Waals surface area contributed by atoms with Gasteiger partial charge in [0.25, 0.3) is 0 Å². The smallest absolute Gasteiger partial charge is 0.101 e. The second-order valence-electron chi connectivity index (χ2n) is 5.42. The molecule has 17 heavy (non-hydrogen) atoms. The van der Waals surface area contributed by atoms with E-state index in [4.69, 9.17) is 16.9 Å². The first-order valence-electron chi connectivity index (χ1n) is 5.96. The van der Waals surface area contributed by atoms with Crippen molar-refractivity contribution in [3.8, 4) is 6.07 Å². The summed E-state index contributed by atoms with van der Waals surface area (Å²) in [5.74, 6) is 0. The molecule has 1 fully saturated rings. The molecular formula is C14H17ClN2. The molecular weight excluding hydrogens is 232 g/mol. The van der Waals surface area contributed by atoms with Gasteiger partial charge in [-0.15, -0.1) is 0 Å². The minimum absolute atomic E-state index is 0.419. The predicted octanol–water partition coefficient (Wildman–Crippen LogP) is 3.84. The Morgan fingerprint density at radius 3 is 2.53 bits per heavy atom. The molecule has 0 N–H and O–H groups in total. The molecule has 0 saturated carbocycles. The molecule has 0 aliphatic carbocycles. The maximum absolute atomic E-state index is 9.12. The lowest BCUT2D eigenvalue weighted by molar-refractivity contribution is 0.280. The molecule has 3 heteroatoms. The monoisotopic (exact) mass is 248 g/mol. The maximum atomic E-state index is 9.12. The Balaban J connectivity index is 2.24. The zero-order chi connectivity index (χ0) is 12.5. The summed E-state index contributed by atoms with van der Waals surface area (Å²) in [5, 5.41) is 9.82. The molecule has 0 unspecified atom stereocenters. The van der Waals surface area contributed by atoms with Crippen LogP contribution in [0.25, 0.3) is 0 Å². The molecule has 0 amide bonds. The number of nitrogens with zero attached hydrogens (tertiary/aromatic N) is 2. The summed E-state index contributed by atoms with van der Waals surface area (Å²) in [5.41, 5.74) is 2.12.